The molecule has 2 fully saturated rings. The molecule has 0 aromatic heterocycles. The molecule has 2 heterocycles. The minimum atomic E-state index is -0.114. The number of nitrogens with one attached hydrogen (secondary N) is 1. The number of aliphatic hydroxyl groups excluding tert-OH is 1. The van der Waals surface area contributed by atoms with E-state index < -0.39 is 0 Å². The number of amides is 2. The van der Waals surface area contributed by atoms with Crippen LogP contribution in [0.3, 0.4) is 0 Å². The Kier molecular flexibility index (Phi) is 7.04. The van der Waals surface area contributed by atoms with Gasteiger partial charge in [0.15, 0.2) is 0 Å². The van der Waals surface area contributed by atoms with Crippen LogP contribution in [0, 0.1) is 0 Å². The van der Waals surface area contributed by atoms with Gasteiger partial charge in [-0.3, -0.25) is 0 Å². The Morgan fingerprint density at radius 1 is 1.24 bits per heavy atom. The van der Waals surface area contributed by atoms with E-state index in [-0.39, 0.29) is 18.7 Å². The van der Waals surface area contributed by atoms with Gasteiger partial charge in [-0.25, -0.2) is 4.79 Å². The molecule has 0 bridgehead atoms. The Morgan fingerprint density at radius 3 is 2.72 bits per heavy atom. The summed E-state index contributed by atoms with van der Waals surface area (Å²) in [4.78, 5) is 16.7. The lowest BCUT2D eigenvalue weighted by molar-refractivity contribution is 0.177. The molecule has 5 nitrogen and oxygen atoms in total. The van der Waals surface area contributed by atoms with Crippen LogP contribution >= 0.6 is 35.1 Å². The maximum Gasteiger partial charge on any atom is 0.322 e. The number of hydrogen-bond acceptors (Lipinski definition) is 5. The fourth-order valence-corrected chi connectivity index (χ4v) is 5.47. The summed E-state index contributed by atoms with van der Waals surface area (Å²) in [6, 6.07) is 5.71. The van der Waals surface area contributed by atoms with Gasteiger partial charge < -0.3 is 20.2 Å². The summed E-state index contributed by atoms with van der Waals surface area (Å²) in [5.74, 6) is 4.05. The van der Waals surface area contributed by atoms with Crippen LogP contribution in [0.1, 0.15) is 6.42 Å². The van der Waals surface area contributed by atoms with Crippen LogP contribution in [0.4, 0.5) is 16.2 Å². The first-order valence-corrected chi connectivity index (χ1v) is 11.3. The van der Waals surface area contributed by atoms with E-state index in [2.05, 4.69) is 10.2 Å². The molecular formula is C17H24ClN3O2S2. The summed E-state index contributed by atoms with van der Waals surface area (Å²) in [5, 5.41) is 12.8. The van der Waals surface area contributed by atoms with Crippen molar-refractivity contribution in [3.8, 4) is 0 Å². The second-order valence-corrected chi connectivity index (χ2v) is 8.91. The minimum absolute atomic E-state index is 0.0874. The summed E-state index contributed by atoms with van der Waals surface area (Å²) < 4.78 is 0. The van der Waals surface area contributed by atoms with Crippen LogP contribution in [0.25, 0.3) is 0 Å². The van der Waals surface area contributed by atoms with E-state index in [0.29, 0.717) is 23.7 Å². The molecule has 25 heavy (non-hydrogen) atoms. The number of nitrogens with zero attached hydrogens (tertiary/aromatic N) is 2. The van der Waals surface area contributed by atoms with Gasteiger partial charge in [0.1, 0.15) is 0 Å². The van der Waals surface area contributed by atoms with Gasteiger partial charge >= 0.3 is 6.03 Å². The number of hydrogen-bond donors (Lipinski definition) is 2. The molecule has 0 saturated carbocycles. The van der Waals surface area contributed by atoms with Crippen molar-refractivity contribution in [1.82, 2.24) is 4.90 Å². The minimum Gasteiger partial charge on any atom is -0.396 e. The van der Waals surface area contributed by atoms with Crippen LogP contribution in [0.2, 0.25) is 5.02 Å². The molecule has 8 heteroatoms. The average Bonchev–Trinajstić information content (AvgIpc) is 2.63. The van der Waals surface area contributed by atoms with Gasteiger partial charge in [-0.1, -0.05) is 11.6 Å². The third kappa shape index (κ3) is 4.90. The van der Waals surface area contributed by atoms with Crippen LogP contribution in [0.15, 0.2) is 18.2 Å². The predicted octanol–water partition coefficient (Wildman–Crippen LogP) is 3.22. The first-order chi connectivity index (χ1) is 12.2. The smallest absolute Gasteiger partial charge is 0.322 e. The molecule has 0 aliphatic carbocycles. The van der Waals surface area contributed by atoms with Gasteiger partial charge in [0, 0.05) is 61.0 Å². The van der Waals surface area contributed by atoms with Crippen molar-refractivity contribution in [3.63, 3.8) is 0 Å². The van der Waals surface area contributed by atoms with Crippen molar-refractivity contribution < 1.29 is 9.90 Å². The molecule has 0 unspecified atom stereocenters. The molecule has 3 rings (SSSR count). The molecule has 1 aromatic carbocycles. The summed E-state index contributed by atoms with van der Waals surface area (Å²) >= 11 is 10.3. The van der Waals surface area contributed by atoms with E-state index in [0.717, 1.165) is 41.8 Å². The maximum absolute atomic E-state index is 12.6. The van der Waals surface area contributed by atoms with Gasteiger partial charge in [0.25, 0.3) is 0 Å². The Hall–Kier alpha value is -0.760. The topological polar surface area (TPSA) is 55.8 Å². The molecule has 0 spiro atoms. The summed E-state index contributed by atoms with van der Waals surface area (Å²) in [5.41, 5.74) is 1.75. The number of benzene rings is 1. The number of halogens is 1. The molecule has 2 amide bonds. The SMILES string of the molecule is O=C(Nc1ccc(N2CCSCC2)c(Cl)c1)N1CCSC[C@H]1CCO. The van der Waals surface area contributed by atoms with Crippen molar-refractivity contribution in [2.75, 3.05) is 59.5 Å². The van der Waals surface area contributed by atoms with E-state index >= 15 is 0 Å². The standard InChI is InChI=1S/C17H24ClN3O2S2/c18-15-11-13(1-2-16(15)20-4-8-24-9-5-20)19-17(23)21-6-10-25-12-14(21)3-7-22/h1-2,11,14,22H,3-10,12H2,(H,19,23)/t14-/m1/s1. The number of carbonyl (C=O) groups excluding carboxylic acids is 1. The first-order valence-electron chi connectivity index (χ1n) is 8.57. The molecule has 2 aliphatic heterocycles. The fourth-order valence-electron chi connectivity index (χ4n) is 3.15. The zero-order valence-corrected chi connectivity index (χ0v) is 16.5. The molecule has 1 aromatic rings. The molecule has 0 radical (unpaired) electrons. The van der Waals surface area contributed by atoms with Crippen molar-refractivity contribution in [3.05, 3.63) is 23.2 Å². The van der Waals surface area contributed by atoms with Gasteiger partial charge in [0.05, 0.1) is 10.7 Å². The van der Waals surface area contributed by atoms with Crippen molar-refractivity contribution in [2.24, 2.45) is 0 Å². The average molecular weight is 402 g/mol. The maximum atomic E-state index is 12.6. The highest BCUT2D eigenvalue weighted by Gasteiger charge is 2.26. The third-order valence-corrected chi connectivity index (χ3v) is 6.84. The van der Waals surface area contributed by atoms with Gasteiger partial charge in [0.2, 0.25) is 0 Å². The quantitative estimate of drug-likeness (QED) is 0.811. The van der Waals surface area contributed by atoms with Crippen molar-refractivity contribution >= 4 is 52.5 Å². The van der Waals surface area contributed by atoms with Gasteiger partial charge in [-0.05, 0) is 24.6 Å². The second kappa shape index (κ2) is 9.26. The number of anilines is 2. The molecule has 1 atom stereocenters. The lowest BCUT2D eigenvalue weighted by atomic mass is 10.2. The largest absolute Gasteiger partial charge is 0.396 e. The summed E-state index contributed by atoms with van der Waals surface area (Å²) in [6.45, 7) is 2.82. The number of thioether (sulfide) groups is 2. The van der Waals surface area contributed by atoms with E-state index in [1.165, 1.54) is 0 Å². The Bertz CT molecular complexity index is 597. The highest BCUT2D eigenvalue weighted by atomic mass is 35.5. The zero-order chi connectivity index (χ0) is 17.6. The van der Waals surface area contributed by atoms with Crippen LogP contribution < -0.4 is 10.2 Å². The molecular weight excluding hydrogens is 378 g/mol. The fraction of sp³-hybridized carbons (Fsp3) is 0.588. The number of carbonyl (C=O) groups is 1. The molecule has 2 N–H and O–H groups in total. The number of rotatable bonds is 4. The Balaban J connectivity index is 1.65. The second-order valence-electron chi connectivity index (χ2n) is 6.13. The van der Waals surface area contributed by atoms with Crippen LogP contribution in [-0.2, 0) is 0 Å². The number of aliphatic hydroxyl groups is 1. The molecule has 2 aliphatic rings. The highest BCUT2D eigenvalue weighted by molar-refractivity contribution is 7.99. The van der Waals surface area contributed by atoms with E-state index in [4.69, 9.17) is 11.6 Å². The Morgan fingerprint density at radius 2 is 2.00 bits per heavy atom. The van der Waals surface area contributed by atoms with Gasteiger partial charge in [-0.15, -0.1) is 0 Å². The first kappa shape index (κ1) is 19.0. The predicted molar refractivity (Wildman–Crippen MR) is 110 cm³/mol. The molecule has 138 valence electrons. The summed E-state index contributed by atoms with van der Waals surface area (Å²) in [7, 11) is 0. The monoisotopic (exact) mass is 401 g/mol. The normalized spacial score (nSPS) is 21.3. The highest BCUT2D eigenvalue weighted by Crippen LogP contribution is 2.31. The van der Waals surface area contributed by atoms with E-state index in [1.54, 1.807) is 0 Å². The van der Waals surface area contributed by atoms with Crippen LogP contribution in [0.5, 0.6) is 0 Å². The lowest BCUT2D eigenvalue weighted by Gasteiger charge is -2.35. The van der Waals surface area contributed by atoms with Crippen molar-refractivity contribution in [2.45, 2.75) is 12.5 Å². The van der Waals surface area contributed by atoms with E-state index in [1.807, 2.05) is 46.6 Å². The molecule has 2 saturated heterocycles. The van der Waals surface area contributed by atoms with Crippen molar-refractivity contribution in [1.29, 1.82) is 0 Å². The van der Waals surface area contributed by atoms with E-state index in [9.17, 15) is 9.90 Å². The third-order valence-electron chi connectivity index (χ3n) is 4.50. The zero-order valence-electron chi connectivity index (χ0n) is 14.1. The van der Waals surface area contributed by atoms with Gasteiger partial charge in [-0.2, -0.15) is 23.5 Å². The lowest BCUT2D eigenvalue weighted by Crippen LogP contribution is -2.48. The summed E-state index contributed by atoms with van der Waals surface area (Å²) in [6.07, 6.45) is 0.618. The Labute approximate surface area is 162 Å². The van der Waals surface area contributed by atoms with Crippen LogP contribution in [-0.4, -0.2) is 71.3 Å². The number of urea groups is 1.